The summed E-state index contributed by atoms with van der Waals surface area (Å²) in [5.41, 5.74) is 3.95. The number of carbonyl (C=O) groups excluding carboxylic acids is 1. The van der Waals surface area contributed by atoms with Crippen LogP contribution >= 0.6 is 11.3 Å². The molecule has 0 saturated carbocycles. The van der Waals surface area contributed by atoms with Crippen molar-refractivity contribution < 1.29 is 9.53 Å². The first-order chi connectivity index (χ1) is 11.9. The lowest BCUT2D eigenvalue weighted by atomic mass is 10.1. The van der Waals surface area contributed by atoms with Crippen LogP contribution in [0.2, 0.25) is 0 Å². The second kappa shape index (κ2) is 6.79. The van der Waals surface area contributed by atoms with Gasteiger partial charge in [0.15, 0.2) is 0 Å². The lowest BCUT2D eigenvalue weighted by Gasteiger charge is -2.09. The van der Waals surface area contributed by atoms with E-state index >= 15 is 0 Å². The average Bonchev–Trinajstić information content (AvgIpc) is 3.05. The zero-order chi connectivity index (χ0) is 18.1. The SMILES string of the molecule is CCOC(=O)c1sc2nc(C)nc(NCc3c(C)n[nH]c3C)c2c1C. The van der Waals surface area contributed by atoms with Crippen LogP contribution < -0.4 is 5.32 Å². The molecule has 0 bridgehead atoms. The molecule has 25 heavy (non-hydrogen) atoms. The highest BCUT2D eigenvalue weighted by atomic mass is 32.1. The molecule has 8 heteroatoms. The third kappa shape index (κ3) is 3.21. The monoisotopic (exact) mass is 359 g/mol. The van der Waals surface area contributed by atoms with Gasteiger partial charge in [0.1, 0.15) is 21.3 Å². The summed E-state index contributed by atoms with van der Waals surface area (Å²) < 4.78 is 5.15. The minimum Gasteiger partial charge on any atom is -0.462 e. The molecule has 7 nitrogen and oxygen atoms in total. The van der Waals surface area contributed by atoms with Crippen molar-refractivity contribution in [1.82, 2.24) is 20.2 Å². The first-order valence-electron chi connectivity index (χ1n) is 8.11. The summed E-state index contributed by atoms with van der Waals surface area (Å²) in [6, 6.07) is 0. The molecule has 132 valence electrons. The van der Waals surface area contributed by atoms with Crippen molar-refractivity contribution in [1.29, 1.82) is 0 Å². The number of nitrogens with one attached hydrogen (secondary N) is 2. The summed E-state index contributed by atoms with van der Waals surface area (Å²) in [5, 5.41) is 11.5. The van der Waals surface area contributed by atoms with E-state index in [4.69, 9.17) is 4.74 Å². The molecule has 0 aliphatic heterocycles. The molecule has 0 atom stereocenters. The molecular weight excluding hydrogens is 338 g/mol. The van der Waals surface area contributed by atoms with Gasteiger partial charge in [-0.25, -0.2) is 14.8 Å². The molecule has 0 aromatic carbocycles. The van der Waals surface area contributed by atoms with Crippen LogP contribution in [0.25, 0.3) is 10.2 Å². The molecule has 0 radical (unpaired) electrons. The lowest BCUT2D eigenvalue weighted by molar-refractivity contribution is 0.0531. The maximum absolute atomic E-state index is 12.2. The second-order valence-electron chi connectivity index (χ2n) is 5.84. The van der Waals surface area contributed by atoms with E-state index in [-0.39, 0.29) is 5.97 Å². The number of aromatic nitrogens is 4. The zero-order valence-corrected chi connectivity index (χ0v) is 15.8. The Balaban J connectivity index is 2.01. The minimum atomic E-state index is -0.312. The summed E-state index contributed by atoms with van der Waals surface area (Å²) in [6.45, 7) is 10.5. The van der Waals surface area contributed by atoms with E-state index in [1.807, 2.05) is 27.7 Å². The van der Waals surface area contributed by atoms with Gasteiger partial charge in [0, 0.05) is 17.8 Å². The van der Waals surface area contributed by atoms with Gasteiger partial charge in [-0.3, -0.25) is 5.10 Å². The predicted molar refractivity (Wildman–Crippen MR) is 98.2 cm³/mol. The van der Waals surface area contributed by atoms with Gasteiger partial charge in [0.25, 0.3) is 0 Å². The van der Waals surface area contributed by atoms with Crippen molar-refractivity contribution in [3.63, 3.8) is 0 Å². The number of aromatic amines is 1. The van der Waals surface area contributed by atoms with E-state index < -0.39 is 0 Å². The van der Waals surface area contributed by atoms with E-state index in [0.717, 1.165) is 38.5 Å². The second-order valence-corrected chi connectivity index (χ2v) is 6.84. The van der Waals surface area contributed by atoms with E-state index in [1.165, 1.54) is 11.3 Å². The smallest absolute Gasteiger partial charge is 0.348 e. The molecule has 2 N–H and O–H groups in total. The number of nitrogens with zero attached hydrogens (tertiary/aromatic N) is 3. The van der Waals surface area contributed by atoms with E-state index in [0.29, 0.717) is 23.9 Å². The Morgan fingerprint density at radius 3 is 2.64 bits per heavy atom. The zero-order valence-electron chi connectivity index (χ0n) is 15.0. The average molecular weight is 359 g/mol. The summed E-state index contributed by atoms with van der Waals surface area (Å²) in [4.78, 5) is 22.6. The van der Waals surface area contributed by atoms with E-state index in [1.54, 1.807) is 6.92 Å². The molecule has 0 unspecified atom stereocenters. The molecule has 0 saturated heterocycles. The molecule has 0 fully saturated rings. The molecule has 0 spiro atoms. The van der Waals surface area contributed by atoms with Crippen LogP contribution in [0, 0.1) is 27.7 Å². The highest BCUT2D eigenvalue weighted by Crippen LogP contribution is 2.34. The van der Waals surface area contributed by atoms with Gasteiger partial charge in [0.05, 0.1) is 17.7 Å². The van der Waals surface area contributed by atoms with Crippen LogP contribution in [-0.2, 0) is 11.3 Å². The van der Waals surface area contributed by atoms with Crippen molar-refractivity contribution in [2.24, 2.45) is 0 Å². The number of fused-ring (bicyclic) bond motifs is 1. The van der Waals surface area contributed by atoms with Crippen LogP contribution in [0.5, 0.6) is 0 Å². The number of hydrogen-bond donors (Lipinski definition) is 2. The third-order valence-corrected chi connectivity index (χ3v) is 5.24. The normalized spacial score (nSPS) is 11.1. The van der Waals surface area contributed by atoms with Crippen LogP contribution in [0.1, 0.15) is 44.9 Å². The lowest BCUT2D eigenvalue weighted by Crippen LogP contribution is -2.06. The molecule has 0 aliphatic carbocycles. The van der Waals surface area contributed by atoms with Crippen molar-refractivity contribution in [2.45, 2.75) is 41.2 Å². The largest absolute Gasteiger partial charge is 0.462 e. The Labute approximate surface area is 149 Å². The standard InChI is InChI=1S/C17H21N5O2S/c1-6-24-17(23)14-8(2)13-15(19-11(5)20-16(13)25-14)18-7-12-9(3)21-22-10(12)4/h6-7H2,1-5H3,(H,21,22)(H,18,19,20). The fourth-order valence-electron chi connectivity index (χ4n) is 2.77. The molecule has 3 rings (SSSR count). The van der Waals surface area contributed by atoms with Crippen molar-refractivity contribution in [2.75, 3.05) is 11.9 Å². The number of rotatable bonds is 5. The van der Waals surface area contributed by atoms with E-state index in [2.05, 4.69) is 25.5 Å². The molecule has 0 amide bonds. The third-order valence-electron chi connectivity index (χ3n) is 4.08. The predicted octanol–water partition coefficient (Wildman–Crippen LogP) is 3.44. The maximum Gasteiger partial charge on any atom is 0.348 e. The molecule has 3 aromatic heterocycles. The molecular formula is C17H21N5O2S. The Morgan fingerprint density at radius 2 is 2.00 bits per heavy atom. The summed E-state index contributed by atoms with van der Waals surface area (Å²) in [6.07, 6.45) is 0. The molecule has 3 heterocycles. The minimum absolute atomic E-state index is 0.312. The Kier molecular flexibility index (Phi) is 4.71. The number of esters is 1. The van der Waals surface area contributed by atoms with Gasteiger partial charge in [-0.05, 0) is 40.2 Å². The number of hydrogen-bond acceptors (Lipinski definition) is 7. The van der Waals surface area contributed by atoms with Gasteiger partial charge < -0.3 is 10.1 Å². The number of aryl methyl sites for hydroxylation is 4. The number of carbonyl (C=O) groups is 1. The fourth-order valence-corrected chi connectivity index (χ4v) is 3.89. The van der Waals surface area contributed by atoms with Gasteiger partial charge in [-0.15, -0.1) is 11.3 Å². The van der Waals surface area contributed by atoms with Gasteiger partial charge in [-0.2, -0.15) is 5.10 Å². The van der Waals surface area contributed by atoms with Crippen molar-refractivity contribution >= 4 is 33.3 Å². The van der Waals surface area contributed by atoms with Crippen LogP contribution in [-0.4, -0.2) is 32.7 Å². The van der Waals surface area contributed by atoms with Crippen LogP contribution in [0.4, 0.5) is 5.82 Å². The summed E-state index contributed by atoms with van der Waals surface area (Å²) >= 11 is 1.35. The summed E-state index contributed by atoms with van der Waals surface area (Å²) in [5.74, 6) is 1.08. The van der Waals surface area contributed by atoms with Gasteiger partial charge in [0.2, 0.25) is 0 Å². The molecule has 3 aromatic rings. The number of thiophene rings is 1. The first-order valence-corrected chi connectivity index (χ1v) is 8.93. The van der Waals surface area contributed by atoms with Gasteiger partial charge in [-0.1, -0.05) is 0 Å². The summed E-state index contributed by atoms with van der Waals surface area (Å²) in [7, 11) is 0. The number of anilines is 1. The number of H-pyrrole nitrogens is 1. The Hall–Kier alpha value is -2.48. The Morgan fingerprint density at radius 1 is 1.24 bits per heavy atom. The van der Waals surface area contributed by atoms with Crippen LogP contribution in [0.15, 0.2) is 0 Å². The fraction of sp³-hybridized carbons (Fsp3) is 0.412. The quantitative estimate of drug-likeness (QED) is 0.678. The van der Waals surface area contributed by atoms with Crippen LogP contribution in [0.3, 0.4) is 0 Å². The molecule has 0 aliphatic rings. The van der Waals surface area contributed by atoms with Crippen molar-refractivity contribution in [3.05, 3.63) is 33.2 Å². The maximum atomic E-state index is 12.2. The highest BCUT2D eigenvalue weighted by Gasteiger charge is 2.21. The van der Waals surface area contributed by atoms with Gasteiger partial charge >= 0.3 is 5.97 Å². The Bertz CT molecular complexity index is 925. The number of ether oxygens (including phenoxy) is 1. The topological polar surface area (TPSA) is 92.8 Å². The highest BCUT2D eigenvalue weighted by molar-refractivity contribution is 7.20. The van der Waals surface area contributed by atoms with Crippen molar-refractivity contribution in [3.8, 4) is 0 Å². The van der Waals surface area contributed by atoms with E-state index in [9.17, 15) is 4.79 Å². The first kappa shape index (κ1) is 17.3.